The van der Waals surface area contributed by atoms with Gasteiger partial charge in [0.25, 0.3) is 5.91 Å². The molecule has 1 atom stereocenters. The fourth-order valence-electron chi connectivity index (χ4n) is 4.51. The lowest BCUT2D eigenvalue weighted by Crippen LogP contribution is -2.29. The Labute approximate surface area is 199 Å². The second kappa shape index (κ2) is 9.06. The van der Waals surface area contributed by atoms with Crippen LogP contribution in [0.3, 0.4) is 0 Å². The number of nitrogens with zero attached hydrogens (tertiary/aromatic N) is 2. The molecule has 0 fully saturated rings. The van der Waals surface area contributed by atoms with Crippen LogP contribution in [0.25, 0.3) is 11.3 Å². The highest BCUT2D eigenvalue weighted by Crippen LogP contribution is 2.44. The summed E-state index contributed by atoms with van der Waals surface area (Å²) in [4.78, 5) is 15.5. The van der Waals surface area contributed by atoms with Crippen LogP contribution in [0.15, 0.2) is 72.8 Å². The minimum absolute atomic E-state index is 0.0605. The van der Waals surface area contributed by atoms with Gasteiger partial charge >= 0.3 is 0 Å². The fraction of sp³-hybridized carbons (Fsp3) is 0.214. The molecule has 172 valence electrons. The fourth-order valence-corrected chi connectivity index (χ4v) is 4.51. The molecule has 0 saturated carbocycles. The van der Waals surface area contributed by atoms with E-state index in [1.54, 1.807) is 7.11 Å². The molecule has 0 bridgehead atoms. The number of aryl methyl sites for hydroxylation is 1. The van der Waals surface area contributed by atoms with Gasteiger partial charge < -0.3 is 14.4 Å². The Balaban J connectivity index is 1.62. The Morgan fingerprint density at radius 1 is 1.00 bits per heavy atom. The zero-order valence-electron chi connectivity index (χ0n) is 19.5. The van der Waals surface area contributed by atoms with Gasteiger partial charge in [-0.25, -0.2) is 0 Å². The van der Waals surface area contributed by atoms with Crippen molar-refractivity contribution in [1.29, 1.82) is 0 Å². The number of amides is 1. The van der Waals surface area contributed by atoms with Crippen LogP contribution in [-0.4, -0.2) is 34.7 Å². The predicted octanol–water partition coefficient (Wildman–Crippen LogP) is 5.54. The molecule has 1 N–H and O–H groups in total. The van der Waals surface area contributed by atoms with Gasteiger partial charge in [0.2, 0.25) is 0 Å². The Kier molecular flexibility index (Phi) is 5.80. The number of methoxy groups -OCH3 is 1. The molecule has 2 heterocycles. The maximum absolute atomic E-state index is 13.6. The molecule has 1 amide bonds. The average Bonchev–Trinajstić information content (AvgIpc) is 3.40. The molecule has 0 radical (unpaired) electrons. The number of nitrogens with one attached hydrogen (secondary N) is 1. The van der Waals surface area contributed by atoms with Crippen LogP contribution in [0, 0.1) is 6.92 Å². The first-order chi connectivity index (χ1) is 16.6. The zero-order chi connectivity index (χ0) is 23.7. The molecule has 0 saturated heterocycles. The summed E-state index contributed by atoms with van der Waals surface area (Å²) in [6.07, 6.45) is 0. The lowest BCUT2D eigenvalue weighted by molar-refractivity contribution is 0.0730. The molecule has 1 aromatic heterocycles. The second-order valence-electron chi connectivity index (χ2n) is 8.42. The quantitative estimate of drug-likeness (QED) is 0.399. The largest absolute Gasteiger partial charge is 0.497 e. The van der Waals surface area contributed by atoms with Gasteiger partial charge in [-0.05, 0) is 61.4 Å². The van der Waals surface area contributed by atoms with Crippen molar-refractivity contribution < 1.29 is 14.3 Å². The van der Waals surface area contributed by atoms with Gasteiger partial charge in [-0.3, -0.25) is 9.89 Å². The Morgan fingerprint density at radius 2 is 1.76 bits per heavy atom. The number of fused-ring (bicyclic) bond motifs is 1. The van der Waals surface area contributed by atoms with Crippen LogP contribution in [0.4, 0.5) is 0 Å². The highest BCUT2D eigenvalue weighted by Gasteiger charge is 2.42. The third-order valence-corrected chi connectivity index (χ3v) is 6.19. The second-order valence-corrected chi connectivity index (χ2v) is 8.42. The van der Waals surface area contributed by atoms with Crippen LogP contribution in [0.2, 0.25) is 0 Å². The number of ether oxygens (including phenoxy) is 2. The average molecular weight is 454 g/mol. The van der Waals surface area contributed by atoms with Crippen molar-refractivity contribution in [3.05, 3.63) is 101 Å². The minimum Gasteiger partial charge on any atom is -0.497 e. The van der Waals surface area contributed by atoms with Gasteiger partial charge in [-0.15, -0.1) is 0 Å². The minimum atomic E-state index is -0.292. The first-order valence-corrected chi connectivity index (χ1v) is 11.4. The van der Waals surface area contributed by atoms with E-state index in [1.165, 1.54) is 5.56 Å². The zero-order valence-corrected chi connectivity index (χ0v) is 19.5. The summed E-state index contributed by atoms with van der Waals surface area (Å²) in [6, 6.07) is 23.7. The first-order valence-electron chi connectivity index (χ1n) is 11.4. The Bertz CT molecular complexity index is 1310. The topological polar surface area (TPSA) is 67.5 Å². The van der Waals surface area contributed by atoms with Crippen molar-refractivity contribution in [3.63, 3.8) is 0 Å². The maximum atomic E-state index is 13.6. The van der Waals surface area contributed by atoms with Gasteiger partial charge in [0, 0.05) is 17.7 Å². The van der Waals surface area contributed by atoms with E-state index in [-0.39, 0.29) is 11.9 Å². The van der Waals surface area contributed by atoms with Gasteiger partial charge in [0.15, 0.2) is 0 Å². The SMILES string of the molecule is CCOc1cccc(C2c3c(-c4ccc(OC)cc4)n[nH]c3C(=O)N2Cc2ccc(C)cc2)c1. The van der Waals surface area contributed by atoms with Crippen LogP contribution in [0.5, 0.6) is 11.5 Å². The van der Waals surface area contributed by atoms with Crippen molar-refractivity contribution in [2.75, 3.05) is 13.7 Å². The maximum Gasteiger partial charge on any atom is 0.273 e. The molecule has 5 rings (SSSR count). The van der Waals surface area contributed by atoms with Gasteiger partial charge in [-0.1, -0.05) is 42.0 Å². The molecule has 0 spiro atoms. The van der Waals surface area contributed by atoms with E-state index in [4.69, 9.17) is 9.47 Å². The summed E-state index contributed by atoms with van der Waals surface area (Å²) in [5.41, 5.74) is 6.36. The van der Waals surface area contributed by atoms with Crippen LogP contribution in [-0.2, 0) is 6.54 Å². The van der Waals surface area contributed by atoms with Gasteiger partial charge in [0.05, 0.1) is 25.5 Å². The van der Waals surface area contributed by atoms with E-state index in [0.29, 0.717) is 18.8 Å². The van der Waals surface area contributed by atoms with Gasteiger partial charge in [-0.2, -0.15) is 5.10 Å². The number of carbonyl (C=O) groups excluding carboxylic acids is 1. The molecule has 6 nitrogen and oxygen atoms in total. The number of H-pyrrole nitrogens is 1. The molecule has 6 heteroatoms. The molecule has 1 aliphatic heterocycles. The summed E-state index contributed by atoms with van der Waals surface area (Å²) in [7, 11) is 1.64. The molecule has 1 unspecified atom stereocenters. The molecular weight excluding hydrogens is 426 g/mol. The lowest BCUT2D eigenvalue weighted by atomic mass is 9.95. The third-order valence-electron chi connectivity index (χ3n) is 6.19. The van der Waals surface area contributed by atoms with E-state index in [2.05, 4.69) is 41.4 Å². The number of hydrogen-bond donors (Lipinski definition) is 1. The Hall–Kier alpha value is -4.06. The summed E-state index contributed by atoms with van der Waals surface area (Å²) < 4.78 is 11.1. The monoisotopic (exact) mass is 453 g/mol. The van der Waals surface area contributed by atoms with E-state index < -0.39 is 0 Å². The summed E-state index contributed by atoms with van der Waals surface area (Å²) in [5.74, 6) is 1.49. The highest BCUT2D eigenvalue weighted by molar-refractivity contribution is 6.00. The van der Waals surface area contributed by atoms with E-state index in [1.807, 2.05) is 60.4 Å². The van der Waals surface area contributed by atoms with Gasteiger partial charge in [0.1, 0.15) is 17.2 Å². The molecule has 0 aliphatic carbocycles. The Morgan fingerprint density at radius 3 is 2.47 bits per heavy atom. The number of aromatic amines is 1. The van der Waals surface area contributed by atoms with E-state index >= 15 is 0 Å². The van der Waals surface area contributed by atoms with Crippen molar-refractivity contribution in [3.8, 4) is 22.8 Å². The number of hydrogen-bond acceptors (Lipinski definition) is 4. The van der Waals surface area contributed by atoms with E-state index in [0.717, 1.165) is 39.4 Å². The third kappa shape index (κ3) is 3.92. The summed E-state index contributed by atoms with van der Waals surface area (Å²) in [5, 5.41) is 7.58. The van der Waals surface area contributed by atoms with E-state index in [9.17, 15) is 4.79 Å². The first kappa shape index (κ1) is 21.8. The lowest BCUT2D eigenvalue weighted by Gasteiger charge is -2.27. The van der Waals surface area contributed by atoms with Crippen molar-refractivity contribution in [2.24, 2.45) is 0 Å². The number of carbonyl (C=O) groups is 1. The van der Waals surface area contributed by atoms with Crippen molar-refractivity contribution in [1.82, 2.24) is 15.1 Å². The summed E-state index contributed by atoms with van der Waals surface area (Å²) >= 11 is 0. The van der Waals surface area contributed by atoms with Crippen molar-refractivity contribution >= 4 is 5.91 Å². The number of benzene rings is 3. The molecular formula is C28H27N3O3. The normalized spacial score (nSPS) is 14.9. The summed E-state index contributed by atoms with van der Waals surface area (Å²) in [6.45, 7) is 5.09. The molecule has 34 heavy (non-hydrogen) atoms. The van der Waals surface area contributed by atoms with Crippen LogP contribution in [0.1, 0.15) is 45.7 Å². The van der Waals surface area contributed by atoms with Crippen LogP contribution >= 0.6 is 0 Å². The number of rotatable bonds is 7. The van der Waals surface area contributed by atoms with Crippen molar-refractivity contribution in [2.45, 2.75) is 26.4 Å². The number of aromatic nitrogens is 2. The standard InChI is InChI=1S/C28H27N3O3/c1-4-34-23-7-5-6-21(16-23)27-24-25(20-12-14-22(33-3)15-13-20)29-30-26(24)28(32)31(27)17-19-10-8-18(2)9-11-19/h5-16,27H,4,17H2,1-3H3,(H,29,30). The molecule has 1 aliphatic rings. The van der Waals surface area contributed by atoms with Crippen LogP contribution < -0.4 is 9.47 Å². The predicted molar refractivity (Wildman–Crippen MR) is 131 cm³/mol. The smallest absolute Gasteiger partial charge is 0.273 e. The molecule has 4 aromatic rings. The molecule has 3 aromatic carbocycles. The highest BCUT2D eigenvalue weighted by atomic mass is 16.5.